The van der Waals surface area contributed by atoms with Gasteiger partial charge in [-0.2, -0.15) is 0 Å². The zero-order valence-corrected chi connectivity index (χ0v) is 20.8. The van der Waals surface area contributed by atoms with Crippen LogP contribution in [0.4, 0.5) is 21.7 Å². The molecule has 0 atom stereocenters. The Labute approximate surface area is 208 Å². The number of aromatic nitrogens is 2. The van der Waals surface area contributed by atoms with Gasteiger partial charge in [0.25, 0.3) is 11.8 Å². The minimum absolute atomic E-state index is 0.137. The summed E-state index contributed by atoms with van der Waals surface area (Å²) in [4.78, 5) is 35.5. The molecule has 1 aromatic heterocycles. The summed E-state index contributed by atoms with van der Waals surface area (Å²) in [5.74, 6) is -1.23. The SMILES string of the molecule is Cc1c(Cl)cccc1NC(=O)c1cc(NC(=O)c2c(F)cccc2Br)cc2[nH]c(N(C)C)nc12. The Morgan fingerprint density at radius 1 is 1.09 bits per heavy atom. The Hall–Kier alpha value is -3.43. The van der Waals surface area contributed by atoms with Crippen LogP contribution in [-0.4, -0.2) is 35.9 Å². The van der Waals surface area contributed by atoms with Crippen molar-refractivity contribution in [1.82, 2.24) is 9.97 Å². The summed E-state index contributed by atoms with van der Waals surface area (Å²) < 4.78 is 14.6. The molecule has 0 saturated heterocycles. The van der Waals surface area contributed by atoms with Gasteiger partial charge in [-0.05, 0) is 64.8 Å². The molecule has 0 bridgehead atoms. The average Bonchev–Trinajstić information content (AvgIpc) is 3.21. The molecule has 0 unspecified atom stereocenters. The van der Waals surface area contributed by atoms with Crippen LogP contribution in [-0.2, 0) is 0 Å². The van der Waals surface area contributed by atoms with Crippen LogP contribution in [0.25, 0.3) is 11.0 Å². The number of imidazole rings is 1. The summed E-state index contributed by atoms with van der Waals surface area (Å²) in [5.41, 5.74) is 2.62. The van der Waals surface area contributed by atoms with Crippen LogP contribution in [0.1, 0.15) is 26.3 Å². The van der Waals surface area contributed by atoms with Crippen molar-refractivity contribution >= 4 is 67.7 Å². The van der Waals surface area contributed by atoms with Gasteiger partial charge in [0.1, 0.15) is 11.3 Å². The lowest BCUT2D eigenvalue weighted by atomic mass is 10.1. The van der Waals surface area contributed by atoms with Crippen LogP contribution in [0.15, 0.2) is 53.0 Å². The largest absolute Gasteiger partial charge is 0.349 e. The number of anilines is 3. The van der Waals surface area contributed by atoms with E-state index in [1.165, 1.54) is 18.2 Å². The Kier molecular flexibility index (Phi) is 6.58. The zero-order chi connectivity index (χ0) is 24.6. The average molecular weight is 545 g/mol. The van der Waals surface area contributed by atoms with Gasteiger partial charge in [-0.15, -0.1) is 0 Å². The first kappa shape index (κ1) is 23.7. The third kappa shape index (κ3) is 4.62. The summed E-state index contributed by atoms with van der Waals surface area (Å²) in [5, 5.41) is 6.06. The zero-order valence-electron chi connectivity index (χ0n) is 18.5. The molecule has 4 aromatic rings. The van der Waals surface area contributed by atoms with Crippen LogP contribution >= 0.6 is 27.5 Å². The molecular weight excluding hydrogens is 525 g/mol. The van der Waals surface area contributed by atoms with Gasteiger partial charge < -0.3 is 20.5 Å². The van der Waals surface area contributed by atoms with E-state index in [1.807, 2.05) is 14.1 Å². The fourth-order valence-corrected chi connectivity index (χ4v) is 4.10. The second-order valence-electron chi connectivity index (χ2n) is 7.79. The van der Waals surface area contributed by atoms with E-state index in [0.717, 1.165) is 5.56 Å². The van der Waals surface area contributed by atoms with Crippen LogP contribution in [0, 0.1) is 12.7 Å². The van der Waals surface area contributed by atoms with Crippen molar-refractivity contribution < 1.29 is 14.0 Å². The molecule has 34 heavy (non-hydrogen) atoms. The number of H-pyrrole nitrogens is 1. The summed E-state index contributed by atoms with van der Waals surface area (Å²) in [6.45, 7) is 1.80. The molecule has 0 fully saturated rings. The lowest BCUT2D eigenvalue weighted by Crippen LogP contribution is -2.17. The molecule has 2 amide bonds. The quantitative estimate of drug-likeness (QED) is 0.288. The second kappa shape index (κ2) is 9.44. The fourth-order valence-electron chi connectivity index (χ4n) is 3.40. The van der Waals surface area contributed by atoms with Gasteiger partial charge in [0.05, 0.1) is 16.6 Å². The number of benzene rings is 3. The predicted molar refractivity (Wildman–Crippen MR) is 137 cm³/mol. The molecule has 10 heteroatoms. The third-order valence-electron chi connectivity index (χ3n) is 5.21. The van der Waals surface area contributed by atoms with Gasteiger partial charge in [0.15, 0.2) is 0 Å². The van der Waals surface area contributed by atoms with Crippen molar-refractivity contribution in [3.63, 3.8) is 0 Å². The van der Waals surface area contributed by atoms with E-state index >= 15 is 0 Å². The van der Waals surface area contributed by atoms with Gasteiger partial charge >= 0.3 is 0 Å². The monoisotopic (exact) mass is 543 g/mol. The Morgan fingerprint density at radius 2 is 1.82 bits per heavy atom. The third-order valence-corrected chi connectivity index (χ3v) is 6.28. The van der Waals surface area contributed by atoms with Crippen molar-refractivity contribution in [3.05, 3.63) is 80.5 Å². The highest BCUT2D eigenvalue weighted by Gasteiger charge is 2.20. The molecule has 0 saturated carbocycles. The molecule has 4 rings (SSSR count). The summed E-state index contributed by atoms with van der Waals surface area (Å²) >= 11 is 9.40. The van der Waals surface area contributed by atoms with E-state index in [2.05, 4.69) is 36.5 Å². The van der Waals surface area contributed by atoms with Crippen LogP contribution in [0.2, 0.25) is 5.02 Å². The molecule has 7 nitrogen and oxygen atoms in total. The van der Waals surface area contributed by atoms with Gasteiger partial charge in [-0.1, -0.05) is 23.7 Å². The smallest absolute Gasteiger partial charge is 0.259 e. The predicted octanol–water partition coefficient (Wildman–Crippen LogP) is 6.00. The summed E-state index contributed by atoms with van der Waals surface area (Å²) in [6.07, 6.45) is 0. The van der Waals surface area contributed by atoms with Crippen molar-refractivity contribution in [2.45, 2.75) is 6.92 Å². The standard InChI is InChI=1S/C24H20BrClFN5O2/c1-12-16(26)7-5-9-18(12)29-22(33)14-10-13(11-19-21(14)31-24(30-19)32(2)3)28-23(34)20-15(25)6-4-8-17(20)27/h4-11H,1-3H3,(H,28,34)(H,29,33)(H,30,31). The lowest BCUT2D eigenvalue weighted by Gasteiger charge is -2.12. The number of hydrogen-bond donors (Lipinski definition) is 3. The van der Waals surface area contributed by atoms with Crippen LogP contribution in [0.3, 0.4) is 0 Å². The minimum Gasteiger partial charge on any atom is -0.349 e. The first-order valence-electron chi connectivity index (χ1n) is 10.2. The number of aromatic amines is 1. The van der Waals surface area contributed by atoms with E-state index < -0.39 is 17.6 Å². The number of nitrogens with zero attached hydrogens (tertiary/aromatic N) is 2. The first-order valence-corrected chi connectivity index (χ1v) is 11.4. The maximum atomic E-state index is 14.3. The van der Waals surface area contributed by atoms with Crippen molar-refractivity contribution in [2.24, 2.45) is 0 Å². The Morgan fingerprint density at radius 3 is 2.53 bits per heavy atom. The lowest BCUT2D eigenvalue weighted by molar-refractivity contribution is 0.101. The molecular formula is C24H20BrClFN5O2. The summed E-state index contributed by atoms with van der Waals surface area (Å²) in [6, 6.07) is 12.6. The van der Waals surface area contributed by atoms with Crippen LogP contribution in [0.5, 0.6) is 0 Å². The second-order valence-corrected chi connectivity index (χ2v) is 9.05. The number of fused-ring (bicyclic) bond motifs is 1. The molecule has 3 N–H and O–H groups in total. The van der Waals surface area contributed by atoms with Crippen molar-refractivity contribution in [2.75, 3.05) is 29.6 Å². The van der Waals surface area contributed by atoms with Crippen LogP contribution < -0.4 is 15.5 Å². The van der Waals surface area contributed by atoms with E-state index in [0.29, 0.717) is 37.9 Å². The molecule has 174 valence electrons. The van der Waals surface area contributed by atoms with E-state index in [4.69, 9.17) is 11.6 Å². The number of carbonyl (C=O) groups excluding carboxylic acids is 2. The van der Waals surface area contributed by atoms with Crippen molar-refractivity contribution in [1.29, 1.82) is 0 Å². The molecule has 1 heterocycles. The summed E-state index contributed by atoms with van der Waals surface area (Å²) in [7, 11) is 3.62. The number of hydrogen-bond acceptors (Lipinski definition) is 4. The van der Waals surface area contributed by atoms with Gasteiger partial charge in [-0.25, -0.2) is 9.37 Å². The maximum absolute atomic E-state index is 14.3. The van der Waals surface area contributed by atoms with Gasteiger partial charge in [-0.3, -0.25) is 9.59 Å². The minimum atomic E-state index is -0.668. The molecule has 0 aliphatic carbocycles. The van der Waals surface area contributed by atoms with Gasteiger partial charge in [0.2, 0.25) is 5.95 Å². The Balaban J connectivity index is 1.76. The fraction of sp³-hybridized carbons (Fsp3) is 0.125. The van der Waals surface area contributed by atoms with Crippen molar-refractivity contribution in [3.8, 4) is 0 Å². The molecule has 3 aromatic carbocycles. The number of halogens is 3. The Bertz CT molecular complexity index is 1420. The number of rotatable bonds is 5. The molecule has 0 radical (unpaired) electrons. The molecule has 0 aliphatic rings. The molecule has 0 aliphatic heterocycles. The highest BCUT2D eigenvalue weighted by atomic mass is 79.9. The van der Waals surface area contributed by atoms with E-state index in [1.54, 1.807) is 42.2 Å². The maximum Gasteiger partial charge on any atom is 0.259 e. The normalized spacial score (nSPS) is 10.9. The highest BCUT2D eigenvalue weighted by molar-refractivity contribution is 9.10. The first-order chi connectivity index (χ1) is 16.2. The topological polar surface area (TPSA) is 90.1 Å². The number of amides is 2. The molecule has 0 spiro atoms. The number of carbonyl (C=O) groups is 2. The van der Waals surface area contributed by atoms with Gasteiger partial charge in [0, 0.05) is 35.0 Å². The van der Waals surface area contributed by atoms with E-state index in [9.17, 15) is 14.0 Å². The number of nitrogens with one attached hydrogen (secondary N) is 3. The van der Waals surface area contributed by atoms with E-state index in [-0.39, 0.29) is 11.1 Å². The highest BCUT2D eigenvalue weighted by Crippen LogP contribution is 2.29.